The summed E-state index contributed by atoms with van der Waals surface area (Å²) >= 11 is 5.98. The molecule has 116 valence electrons. The van der Waals surface area contributed by atoms with Gasteiger partial charge in [-0.2, -0.15) is 0 Å². The standard InChI is InChI=1S/C14H11ClFNO4S/c1-8-3-2-4-12(13(8)15)22(20,21)17-9-5-6-11(16)10(7-9)14(18)19/h2-7,17H,1H3,(H,18,19). The van der Waals surface area contributed by atoms with E-state index in [-0.39, 0.29) is 15.6 Å². The van der Waals surface area contributed by atoms with E-state index in [1.807, 2.05) is 0 Å². The van der Waals surface area contributed by atoms with Crippen molar-refractivity contribution in [3.8, 4) is 0 Å². The molecule has 0 aliphatic carbocycles. The Balaban J connectivity index is 2.43. The van der Waals surface area contributed by atoms with E-state index in [4.69, 9.17) is 16.7 Å². The lowest BCUT2D eigenvalue weighted by molar-refractivity contribution is 0.0692. The molecule has 0 spiro atoms. The molecule has 0 aromatic heterocycles. The molecule has 0 amide bonds. The first kappa shape index (κ1) is 16.3. The number of carboxylic acid groups (broad SMARTS) is 1. The highest BCUT2D eigenvalue weighted by atomic mass is 35.5. The minimum Gasteiger partial charge on any atom is -0.478 e. The smallest absolute Gasteiger partial charge is 0.338 e. The van der Waals surface area contributed by atoms with Crippen LogP contribution >= 0.6 is 11.6 Å². The number of rotatable bonds is 4. The summed E-state index contributed by atoms with van der Waals surface area (Å²) in [6.07, 6.45) is 0. The zero-order valence-electron chi connectivity index (χ0n) is 11.3. The molecule has 8 heteroatoms. The number of hydrogen-bond acceptors (Lipinski definition) is 3. The maximum absolute atomic E-state index is 13.3. The summed E-state index contributed by atoms with van der Waals surface area (Å²) in [5.41, 5.74) is -0.123. The average Bonchev–Trinajstić information content (AvgIpc) is 2.43. The number of aromatic carboxylic acids is 1. The van der Waals surface area contributed by atoms with Crippen molar-refractivity contribution in [2.45, 2.75) is 11.8 Å². The molecule has 0 heterocycles. The van der Waals surface area contributed by atoms with E-state index in [0.29, 0.717) is 5.56 Å². The molecule has 2 N–H and O–H groups in total. The Morgan fingerprint density at radius 1 is 1.27 bits per heavy atom. The predicted molar refractivity (Wildman–Crippen MR) is 80.4 cm³/mol. The molecule has 0 aliphatic heterocycles. The van der Waals surface area contributed by atoms with Gasteiger partial charge in [-0.05, 0) is 36.8 Å². The monoisotopic (exact) mass is 343 g/mol. The number of nitrogens with one attached hydrogen (secondary N) is 1. The van der Waals surface area contributed by atoms with Gasteiger partial charge in [0.25, 0.3) is 10.0 Å². The quantitative estimate of drug-likeness (QED) is 0.892. The zero-order valence-corrected chi connectivity index (χ0v) is 12.9. The third-order valence-corrected chi connectivity index (χ3v) is 4.93. The van der Waals surface area contributed by atoms with Crippen LogP contribution < -0.4 is 4.72 Å². The van der Waals surface area contributed by atoms with Gasteiger partial charge in [-0.1, -0.05) is 23.7 Å². The first-order valence-corrected chi connectivity index (χ1v) is 7.89. The number of halogens is 2. The SMILES string of the molecule is Cc1cccc(S(=O)(=O)Nc2ccc(F)c(C(=O)O)c2)c1Cl. The summed E-state index contributed by atoms with van der Waals surface area (Å²) in [6, 6.07) is 7.41. The van der Waals surface area contributed by atoms with Gasteiger partial charge in [0.05, 0.1) is 10.6 Å². The van der Waals surface area contributed by atoms with Crippen molar-refractivity contribution >= 4 is 33.3 Å². The molecule has 0 radical (unpaired) electrons. The van der Waals surface area contributed by atoms with Gasteiger partial charge >= 0.3 is 5.97 Å². The largest absolute Gasteiger partial charge is 0.478 e. The van der Waals surface area contributed by atoms with E-state index >= 15 is 0 Å². The summed E-state index contributed by atoms with van der Waals surface area (Å²) in [5, 5.41) is 8.91. The molecule has 0 aliphatic rings. The summed E-state index contributed by atoms with van der Waals surface area (Å²) in [6.45, 7) is 1.65. The van der Waals surface area contributed by atoms with Gasteiger partial charge in [0.15, 0.2) is 0 Å². The van der Waals surface area contributed by atoms with Crippen molar-refractivity contribution in [2.24, 2.45) is 0 Å². The van der Waals surface area contributed by atoms with Crippen LogP contribution in [0.2, 0.25) is 5.02 Å². The number of sulfonamides is 1. The lowest BCUT2D eigenvalue weighted by Gasteiger charge is -2.11. The molecule has 0 atom stereocenters. The fourth-order valence-electron chi connectivity index (χ4n) is 1.79. The molecule has 5 nitrogen and oxygen atoms in total. The number of carbonyl (C=O) groups is 1. The molecule has 2 aromatic rings. The molecule has 2 aromatic carbocycles. The van der Waals surface area contributed by atoms with Crippen LogP contribution in [-0.2, 0) is 10.0 Å². The molecule has 22 heavy (non-hydrogen) atoms. The fourth-order valence-corrected chi connectivity index (χ4v) is 3.42. The number of anilines is 1. The van der Waals surface area contributed by atoms with Gasteiger partial charge in [0.1, 0.15) is 10.7 Å². The molecule has 0 fully saturated rings. The van der Waals surface area contributed by atoms with E-state index in [1.165, 1.54) is 12.1 Å². The minimum absolute atomic E-state index is 0.0653. The van der Waals surface area contributed by atoms with Crippen LogP contribution in [0.15, 0.2) is 41.3 Å². The summed E-state index contributed by atoms with van der Waals surface area (Å²) in [5.74, 6) is -2.45. The third-order valence-electron chi connectivity index (χ3n) is 2.89. The van der Waals surface area contributed by atoms with Gasteiger partial charge in [0.2, 0.25) is 0 Å². The van der Waals surface area contributed by atoms with Crippen LogP contribution in [0.1, 0.15) is 15.9 Å². The zero-order chi connectivity index (χ0) is 16.5. The van der Waals surface area contributed by atoms with Gasteiger partial charge in [0, 0.05) is 5.69 Å². The Hall–Kier alpha value is -2.12. The average molecular weight is 344 g/mol. The van der Waals surface area contributed by atoms with Crippen molar-refractivity contribution in [1.82, 2.24) is 0 Å². The fraction of sp³-hybridized carbons (Fsp3) is 0.0714. The van der Waals surface area contributed by atoms with E-state index in [9.17, 15) is 17.6 Å². The summed E-state index contributed by atoms with van der Waals surface area (Å²) in [7, 11) is -4.02. The van der Waals surface area contributed by atoms with Gasteiger partial charge < -0.3 is 5.11 Å². The minimum atomic E-state index is -4.02. The molecule has 0 bridgehead atoms. The Bertz CT molecular complexity index is 852. The van der Waals surface area contributed by atoms with Crippen LogP contribution in [0, 0.1) is 12.7 Å². The van der Waals surface area contributed by atoms with Crippen molar-refractivity contribution < 1.29 is 22.7 Å². The number of aryl methyl sites for hydroxylation is 1. The van der Waals surface area contributed by atoms with E-state index in [0.717, 1.165) is 18.2 Å². The molecular weight excluding hydrogens is 333 g/mol. The van der Waals surface area contributed by atoms with E-state index in [1.54, 1.807) is 13.0 Å². The number of hydrogen-bond donors (Lipinski definition) is 2. The van der Waals surface area contributed by atoms with Crippen LogP contribution in [-0.4, -0.2) is 19.5 Å². The Kier molecular flexibility index (Phi) is 4.39. The van der Waals surface area contributed by atoms with Crippen molar-refractivity contribution in [3.63, 3.8) is 0 Å². The lowest BCUT2D eigenvalue weighted by Crippen LogP contribution is -2.14. The van der Waals surface area contributed by atoms with Gasteiger partial charge in [-0.3, -0.25) is 4.72 Å². The van der Waals surface area contributed by atoms with Gasteiger partial charge in [-0.15, -0.1) is 0 Å². The Labute approximate surface area is 131 Å². The maximum atomic E-state index is 13.3. The summed E-state index contributed by atoms with van der Waals surface area (Å²) in [4.78, 5) is 10.7. The van der Waals surface area contributed by atoms with Crippen molar-refractivity contribution in [3.05, 3.63) is 58.4 Å². The second-order valence-corrected chi connectivity index (χ2v) is 6.52. The van der Waals surface area contributed by atoms with E-state index in [2.05, 4.69) is 4.72 Å². The predicted octanol–water partition coefficient (Wildman–Crippen LogP) is 3.29. The second kappa shape index (κ2) is 5.94. The third kappa shape index (κ3) is 3.20. The van der Waals surface area contributed by atoms with Crippen LogP contribution in [0.4, 0.5) is 10.1 Å². The maximum Gasteiger partial charge on any atom is 0.338 e. The molecule has 0 saturated carbocycles. The topological polar surface area (TPSA) is 83.5 Å². The summed E-state index contributed by atoms with van der Waals surface area (Å²) < 4.78 is 40.1. The van der Waals surface area contributed by atoms with Crippen molar-refractivity contribution in [2.75, 3.05) is 4.72 Å². The first-order chi connectivity index (χ1) is 10.2. The highest BCUT2D eigenvalue weighted by Crippen LogP contribution is 2.27. The molecular formula is C14H11ClFNO4S. The van der Waals surface area contributed by atoms with Crippen LogP contribution in [0.3, 0.4) is 0 Å². The second-order valence-electron chi connectivity index (χ2n) is 4.49. The molecule has 2 rings (SSSR count). The molecule has 0 unspecified atom stereocenters. The van der Waals surface area contributed by atoms with Crippen LogP contribution in [0.5, 0.6) is 0 Å². The number of carboxylic acids is 1. The lowest BCUT2D eigenvalue weighted by atomic mass is 10.2. The van der Waals surface area contributed by atoms with Crippen LogP contribution in [0.25, 0.3) is 0 Å². The van der Waals surface area contributed by atoms with E-state index < -0.39 is 27.4 Å². The Morgan fingerprint density at radius 3 is 2.59 bits per heavy atom. The van der Waals surface area contributed by atoms with Crippen molar-refractivity contribution in [1.29, 1.82) is 0 Å². The normalized spacial score (nSPS) is 11.2. The highest BCUT2D eigenvalue weighted by Gasteiger charge is 2.20. The van der Waals surface area contributed by atoms with Gasteiger partial charge in [-0.25, -0.2) is 17.6 Å². The number of benzene rings is 2. The highest BCUT2D eigenvalue weighted by molar-refractivity contribution is 7.92. The molecule has 0 saturated heterocycles. The first-order valence-electron chi connectivity index (χ1n) is 6.03. The Morgan fingerprint density at radius 2 is 1.95 bits per heavy atom.